The maximum atomic E-state index is 13.5. The molecule has 1 aliphatic rings. The number of amides is 1. The highest BCUT2D eigenvalue weighted by Gasteiger charge is 2.34. The zero-order valence-corrected chi connectivity index (χ0v) is 22.2. The predicted molar refractivity (Wildman–Crippen MR) is 146 cm³/mol. The Morgan fingerprint density at radius 3 is 2.60 bits per heavy atom. The Labute approximate surface area is 221 Å². The molecule has 0 atom stereocenters. The number of rotatable bonds is 5. The number of thioether (sulfide) groups is 1. The van der Waals surface area contributed by atoms with Gasteiger partial charge in [-0.05, 0) is 102 Å². The molecule has 0 unspecified atom stereocenters. The lowest BCUT2D eigenvalue weighted by Gasteiger charge is -2.13. The van der Waals surface area contributed by atoms with Crippen LogP contribution in [0, 0.1) is 13.8 Å². The number of aliphatic imine (C=N–C) groups is 1. The van der Waals surface area contributed by atoms with Gasteiger partial charge in [0.25, 0.3) is 5.91 Å². The van der Waals surface area contributed by atoms with Gasteiger partial charge in [0.2, 0.25) is 0 Å². The topological polar surface area (TPSA) is 50.7 Å². The Morgan fingerprint density at radius 2 is 1.89 bits per heavy atom. The van der Waals surface area contributed by atoms with Crippen molar-refractivity contribution in [2.24, 2.45) is 4.99 Å². The fourth-order valence-corrected chi connectivity index (χ4v) is 5.41. The first kappa shape index (κ1) is 23.7. The van der Waals surface area contributed by atoms with Crippen molar-refractivity contribution in [3.63, 3.8) is 0 Å². The van der Waals surface area contributed by atoms with Crippen LogP contribution < -0.4 is 0 Å². The molecule has 5 nitrogen and oxygen atoms in total. The third kappa shape index (κ3) is 4.89. The van der Waals surface area contributed by atoms with Crippen molar-refractivity contribution in [3.05, 3.63) is 110 Å². The lowest BCUT2D eigenvalue weighted by atomic mass is 10.2. The van der Waals surface area contributed by atoms with Crippen LogP contribution in [0.15, 0.2) is 91.8 Å². The van der Waals surface area contributed by atoms with Crippen molar-refractivity contribution in [1.82, 2.24) is 9.47 Å². The van der Waals surface area contributed by atoms with Crippen molar-refractivity contribution in [2.45, 2.75) is 20.4 Å². The molecule has 2 aromatic heterocycles. The third-order valence-corrected chi connectivity index (χ3v) is 7.92. The molecule has 0 bridgehead atoms. The summed E-state index contributed by atoms with van der Waals surface area (Å²) in [5.41, 5.74) is 4.80. The van der Waals surface area contributed by atoms with Crippen molar-refractivity contribution in [1.29, 1.82) is 0 Å². The molecular weight excluding hydrogens is 546 g/mol. The van der Waals surface area contributed by atoms with Gasteiger partial charge < -0.3 is 8.98 Å². The van der Waals surface area contributed by atoms with E-state index < -0.39 is 0 Å². The summed E-state index contributed by atoms with van der Waals surface area (Å²) in [6.07, 6.45) is 3.55. The van der Waals surface area contributed by atoms with E-state index in [9.17, 15) is 4.79 Å². The molecule has 1 aliphatic heterocycles. The van der Waals surface area contributed by atoms with E-state index in [1.165, 1.54) is 11.8 Å². The van der Waals surface area contributed by atoms with Crippen molar-refractivity contribution in [3.8, 4) is 5.69 Å². The molecule has 0 spiro atoms. The van der Waals surface area contributed by atoms with Gasteiger partial charge in [-0.3, -0.25) is 9.69 Å². The van der Waals surface area contributed by atoms with E-state index in [0.29, 0.717) is 27.4 Å². The van der Waals surface area contributed by atoms with E-state index in [1.54, 1.807) is 11.2 Å². The van der Waals surface area contributed by atoms with Crippen LogP contribution in [0.4, 0.5) is 5.69 Å². The average Bonchev–Trinajstić information content (AvgIpc) is 3.53. The van der Waals surface area contributed by atoms with Crippen molar-refractivity contribution in [2.75, 3.05) is 0 Å². The summed E-state index contributed by atoms with van der Waals surface area (Å²) >= 11 is 11.2. The van der Waals surface area contributed by atoms with Gasteiger partial charge in [0.05, 0.1) is 28.4 Å². The SMILES string of the molecule is Cc1cc(/C=C2\SC(=Nc3ccccc3)N(Cc3ccco3)C2=O)c(C)n1-c1ccc(Br)c(Cl)c1. The first-order valence-corrected chi connectivity index (χ1v) is 12.9. The van der Waals surface area contributed by atoms with Crippen LogP contribution >= 0.6 is 39.3 Å². The van der Waals surface area contributed by atoms with Crippen LogP contribution in [-0.4, -0.2) is 20.5 Å². The summed E-state index contributed by atoms with van der Waals surface area (Å²) in [5.74, 6) is 0.601. The summed E-state index contributed by atoms with van der Waals surface area (Å²) in [6, 6.07) is 21.3. The van der Waals surface area contributed by atoms with Crippen molar-refractivity contribution >= 4 is 62.1 Å². The molecule has 0 radical (unpaired) electrons. The Bertz CT molecular complexity index is 1460. The largest absolute Gasteiger partial charge is 0.467 e. The number of carbonyl (C=O) groups excluding carboxylic acids is 1. The second kappa shape index (κ2) is 9.93. The summed E-state index contributed by atoms with van der Waals surface area (Å²) in [7, 11) is 0. The van der Waals surface area contributed by atoms with Gasteiger partial charge >= 0.3 is 0 Å². The molecule has 0 saturated carbocycles. The fraction of sp³-hybridized carbons (Fsp3) is 0.111. The Morgan fingerprint density at radius 1 is 1.09 bits per heavy atom. The molecule has 8 heteroatoms. The first-order valence-electron chi connectivity index (χ1n) is 10.9. The summed E-state index contributed by atoms with van der Waals surface area (Å²) in [5, 5.41) is 1.27. The van der Waals surface area contributed by atoms with E-state index in [0.717, 1.165) is 32.8 Å². The van der Waals surface area contributed by atoms with Crippen LogP contribution in [0.1, 0.15) is 22.7 Å². The van der Waals surface area contributed by atoms with Crippen LogP contribution in [-0.2, 0) is 11.3 Å². The molecule has 35 heavy (non-hydrogen) atoms. The quantitative estimate of drug-likeness (QED) is 0.231. The van der Waals surface area contributed by atoms with Crippen LogP contribution in [0.2, 0.25) is 5.02 Å². The van der Waals surface area contributed by atoms with Gasteiger partial charge in [0.15, 0.2) is 5.17 Å². The fourth-order valence-electron chi connectivity index (χ4n) is 4.00. The number of para-hydroxylation sites is 1. The number of halogens is 2. The zero-order chi connectivity index (χ0) is 24.5. The molecular formula is C27H21BrClN3O2S. The van der Waals surface area contributed by atoms with E-state index in [1.807, 2.05) is 80.6 Å². The monoisotopic (exact) mass is 565 g/mol. The predicted octanol–water partition coefficient (Wildman–Crippen LogP) is 7.91. The van der Waals surface area contributed by atoms with Gasteiger partial charge in [-0.2, -0.15) is 0 Å². The molecule has 0 N–H and O–H groups in total. The van der Waals surface area contributed by atoms with Crippen molar-refractivity contribution < 1.29 is 9.21 Å². The van der Waals surface area contributed by atoms with Gasteiger partial charge in [-0.15, -0.1) is 0 Å². The molecule has 5 rings (SSSR count). The van der Waals surface area contributed by atoms with E-state index in [2.05, 4.69) is 26.6 Å². The highest BCUT2D eigenvalue weighted by atomic mass is 79.9. The summed E-state index contributed by atoms with van der Waals surface area (Å²) < 4.78 is 8.49. The molecule has 1 fully saturated rings. The van der Waals surface area contributed by atoms with Crippen LogP contribution in [0.25, 0.3) is 11.8 Å². The molecule has 4 aromatic rings. The zero-order valence-electron chi connectivity index (χ0n) is 19.0. The molecule has 3 heterocycles. The van der Waals surface area contributed by atoms with E-state index >= 15 is 0 Å². The Balaban J connectivity index is 1.52. The number of aryl methyl sites for hydroxylation is 1. The second-order valence-electron chi connectivity index (χ2n) is 8.07. The van der Waals surface area contributed by atoms with Gasteiger partial charge in [-0.25, -0.2) is 4.99 Å². The van der Waals surface area contributed by atoms with Crippen LogP contribution in [0.3, 0.4) is 0 Å². The standard InChI is InChI=1S/C27H21BrClN3O2S/c1-17-13-19(18(2)32(17)21-10-11-23(28)24(29)15-21)14-25-26(33)31(16-22-9-6-12-34-22)27(35-25)30-20-7-4-3-5-8-20/h3-15H,16H2,1-2H3/b25-14-,30-27?. The number of nitrogens with zero attached hydrogens (tertiary/aromatic N) is 3. The highest BCUT2D eigenvalue weighted by Crippen LogP contribution is 2.36. The normalized spacial score (nSPS) is 16.1. The number of furan rings is 1. The lowest BCUT2D eigenvalue weighted by Crippen LogP contribution is -2.28. The maximum Gasteiger partial charge on any atom is 0.267 e. The number of carbonyl (C=O) groups is 1. The maximum absolute atomic E-state index is 13.5. The molecule has 1 saturated heterocycles. The number of hydrogen-bond acceptors (Lipinski definition) is 4. The molecule has 2 aromatic carbocycles. The smallest absolute Gasteiger partial charge is 0.267 e. The minimum atomic E-state index is -0.0995. The summed E-state index contributed by atoms with van der Waals surface area (Å²) in [4.78, 5) is 20.5. The van der Waals surface area contributed by atoms with Gasteiger partial charge in [0.1, 0.15) is 5.76 Å². The lowest BCUT2D eigenvalue weighted by molar-refractivity contribution is -0.122. The number of amidine groups is 1. The highest BCUT2D eigenvalue weighted by molar-refractivity contribution is 9.10. The number of benzene rings is 2. The summed E-state index contributed by atoms with van der Waals surface area (Å²) in [6.45, 7) is 4.40. The Kier molecular flexibility index (Phi) is 6.73. The first-order chi connectivity index (χ1) is 16.9. The Hall–Kier alpha value is -3.00. The molecule has 0 aliphatic carbocycles. The molecule has 176 valence electrons. The van der Waals surface area contributed by atoms with Gasteiger partial charge in [0, 0.05) is 21.5 Å². The number of hydrogen-bond donors (Lipinski definition) is 0. The third-order valence-electron chi connectivity index (χ3n) is 5.68. The van der Waals surface area contributed by atoms with Gasteiger partial charge in [-0.1, -0.05) is 29.8 Å². The molecule has 1 amide bonds. The average molecular weight is 567 g/mol. The van der Waals surface area contributed by atoms with E-state index in [4.69, 9.17) is 21.0 Å². The number of aromatic nitrogens is 1. The second-order valence-corrected chi connectivity index (χ2v) is 10.3. The minimum Gasteiger partial charge on any atom is -0.467 e. The minimum absolute atomic E-state index is 0.0995. The van der Waals surface area contributed by atoms with Crippen LogP contribution in [0.5, 0.6) is 0 Å². The van der Waals surface area contributed by atoms with E-state index in [-0.39, 0.29) is 5.91 Å².